The Morgan fingerprint density at radius 2 is 1.95 bits per heavy atom. The van der Waals surface area contributed by atoms with Crippen molar-refractivity contribution < 1.29 is 19.4 Å². The Hall–Kier alpha value is -2.76. The molecule has 1 aliphatic heterocycles. The molecule has 0 saturated carbocycles. The fraction of sp³-hybridized carbons (Fsp3) is 0.200. The average Bonchev–Trinajstić information content (AvgIpc) is 2.46. The van der Waals surface area contributed by atoms with Crippen molar-refractivity contribution >= 4 is 17.5 Å². The molecule has 0 amide bonds. The summed E-state index contributed by atoms with van der Waals surface area (Å²) < 4.78 is 11.0. The van der Waals surface area contributed by atoms with E-state index in [0.29, 0.717) is 36.2 Å². The van der Waals surface area contributed by atoms with Crippen LogP contribution in [0.25, 0.3) is 0 Å². The summed E-state index contributed by atoms with van der Waals surface area (Å²) in [7, 11) is 0. The third-order valence-corrected chi connectivity index (χ3v) is 3.01. The molecule has 108 valence electrons. The van der Waals surface area contributed by atoms with E-state index >= 15 is 0 Å². The highest BCUT2D eigenvalue weighted by atomic mass is 16.6. The van der Waals surface area contributed by atoms with Crippen LogP contribution in [-0.2, 0) is 0 Å². The van der Waals surface area contributed by atoms with Crippen molar-refractivity contribution in [3.8, 4) is 11.5 Å². The fourth-order valence-electron chi connectivity index (χ4n) is 2.13. The number of aryl methyl sites for hydroxylation is 1. The minimum Gasteiger partial charge on any atom is -0.486 e. The molecule has 1 aliphatic rings. The molecule has 2 N–H and O–H groups in total. The van der Waals surface area contributed by atoms with Crippen molar-refractivity contribution in [1.29, 1.82) is 0 Å². The van der Waals surface area contributed by atoms with Crippen molar-refractivity contribution in [3.05, 3.63) is 41.6 Å². The Labute approximate surface area is 121 Å². The highest BCUT2D eigenvalue weighted by molar-refractivity contribution is 5.88. The lowest BCUT2D eigenvalue weighted by Gasteiger charge is -2.19. The zero-order valence-corrected chi connectivity index (χ0v) is 11.4. The van der Waals surface area contributed by atoms with E-state index < -0.39 is 5.97 Å². The number of aromatic nitrogens is 1. The number of rotatable bonds is 3. The minimum atomic E-state index is -0.981. The van der Waals surface area contributed by atoms with Crippen LogP contribution in [0.4, 0.5) is 11.5 Å². The molecule has 0 aliphatic carbocycles. The van der Waals surface area contributed by atoms with Gasteiger partial charge in [-0.25, -0.2) is 9.78 Å². The summed E-state index contributed by atoms with van der Waals surface area (Å²) in [4.78, 5) is 15.3. The first-order valence-electron chi connectivity index (χ1n) is 6.50. The Morgan fingerprint density at radius 1 is 1.19 bits per heavy atom. The maximum absolute atomic E-state index is 11.1. The lowest BCUT2D eigenvalue weighted by molar-refractivity contribution is 0.0696. The first kappa shape index (κ1) is 13.2. The number of nitrogens with one attached hydrogen (secondary N) is 1. The zero-order chi connectivity index (χ0) is 14.8. The molecule has 0 unspecified atom stereocenters. The molecular weight excluding hydrogens is 272 g/mol. The highest BCUT2D eigenvalue weighted by Gasteiger charge is 2.12. The van der Waals surface area contributed by atoms with Gasteiger partial charge in [0.2, 0.25) is 0 Å². The van der Waals surface area contributed by atoms with Crippen LogP contribution in [0.2, 0.25) is 0 Å². The third kappa shape index (κ3) is 2.89. The van der Waals surface area contributed by atoms with Gasteiger partial charge < -0.3 is 19.9 Å². The van der Waals surface area contributed by atoms with Gasteiger partial charge in [0.15, 0.2) is 11.5 Å². The van der Waals surface area contributed by atoms with Crippen LogP contribution < -0.4 is 14.8 Å². The van der Waals surface area contributed by atoms with Crippen LogP contribution in [0.15, 0.2) is 30.3 Å². The van der Waals surface area contributed by atoms with Crippen molar-refractivity contribution in [2.24, 2.45) is 0 Å². The fourth-order valence-corrected chi connectivity index (χ4v) is 2.13. The van der Waals surface area contributed by atoms with E-state index in [-0.39, 0.29) is 5.56 Å². The van der Waals surface area contributed by atoms with E-state index in [0.717, 1.165) is 5.69 Å². The average molecular weight is 286 g/mol. The molecule has 6 heteroatoms. The predicted octanol–water partition coefficient (Wildman–Crippen LogP) is 2.60. The van der Waals surface area contributed by atoms with Gasteiger partial charge in [0.25, 0.3) is 0 Å². The first-order chi connectivity index (χ1) is 10.1. The summed E-state index contributed by atoms with van der Waals surface area (Å²) in [5.41, 5.74) is 1.59. The lowest BCUT2D eigenvalue weighted by atomic mass is 10.2. The number of carboxylic acid groups (broad SMARTS) is 1. The molecule has 1 aromatic carbocycles. The largest absolute Gasteiger partial charge is 0.486 e. The van der Waals surface area contributed by atoms with Crippen LogP contribution >= 0.6 is 0 Å². The monoisotopic (exact) mass is 286 g/mol. The van der Waals surface area contributed by atoms with E-state index in [1.807, 2.05) is 12.1 Å². The Balaban J connectivity index is 1.88. The van der Waals surface area contributed by atoms with Gasteiger partial charge in [0.05, 0.1) is 5.56 Å². The van der Waals surface area contributed by atoms with Gasteiger partial charge in [0, 0.05) is 17.4 Å². The molecule has 6 nitrogen and oxygen atoms in total. The maximum atomic E-state index is 11.1. The molecular formula is C15H14N2O4. The number of ether oxygens (including phenoxy) is 2. The molecule has 0 atom stereocenters. The Kier molecular flexibility index (Phi) is 3.35. The number of nitrogens with zero attached hydrogens (tertiary/aromatic N) is 1. The standard InChI is InChI=1S/C15H14N2O4/c1-9-6-10(15(18)19)7-14(16-9)17-11-2-3-12-13(8-11)21-5-4-20-12/h2-3,6-8H,4-5H2,1H3,(H,16,17)(H,18,19). The van der Waals surface area contributed by atoms with Crippen LogP contribution in [0.1, 0.15) is 16.1 Å². The second-order valence-electron chi connectivity index (χ2n) is 4.67. The summed E-state index contributed by atoms with van der Waals surface area (Å²) >= 11 is 0. The number of fused-ring (bicyclic) bond motifs is 1. The number of carboxylic acids is 1. The van der Waals surface area contributed by atoms with Crippen molar-refractivity contribution in [3.63, 3.8) is 0 Å². The van der Waals surface area contributed by atoms with E-state index in [9.17, 15) is 4.79 Å². The van der Waals surface area contributed by atoms with Crippen LogP contribution in [0.3, 0.4) is 0 Å². The summed E-state index contributed by atoms with van der Waals surface area (Å²) in [5, 5.41) is 12.1. The summed E-state index contributed by atoms with van der Waals surface area (Å²) in [6, 6.07) is 8.46. The number of carbonyl (C=O) groups is 1. The Bertz CT molecular complexity index is 700. The van der Waals surface area contributed by atoms with Gasteiger partial charge in [0.1, 0.15) is 19.0 Å². The minimum absolute atomic E-state index is 0.197. The van der Waals surface area contributed by atoms with E-state index in [1.54, 1.807) is 13.0 Å². The highest BCUT2D eigenvalue weighted by Crippen LogP contribution is 2.33. The van der Waals surface area contributed by atoms with E-state index in [4.69, 9.17) is 14.6 Å². The normalized spacial score (nSPS) is 12.8. The molecule has 0 spiro atoms. The topological polar surface area (TPSA) is 80.7 Å². The predicted molar refractivity (Wildman–Crippen MR) is 76.6 cm³/mol. The van der Waals surface area contributed by atoms with Crippen molar-refractivity contribution in [2.75, 3.05) is 18.5 Å². The SMILES string of the molecule is Cc1cc(C(=O)O)cc(Nc2ccc3c(c2)OCCO3)n1. The van der Waals surface area contributed by atoms with Gasteiger partial charge in [-0.15, -0.1) is 0 Å². The molecule has 0 bridgehead atoms. The first-order valence-corrected chi connectivity index (χ1v) is 6.50. The number of anilines is 2. The van der Waals surface area contributed by atoms with Crippen LogP contribution in [0.5, 0.6) is 11.5 Å². The molecule has 0 fully saturated rings. The molecule has 21 heavy (non-hydrogen) atoms. The number of benzene rings is 1. The second-order valence-corrected chi connectivity index (χ2v) is 4.67. The van der Waals surface area contributed by atoms with Crippen LogP contribution in [-0.4, -0.2) is 29.3 Å². The molecule has 2 heterocycles. The zero-order valence-electron chi connectivity index (χ0n) is 11.4. The Morgan fingerprint density at radius 3 is 2.71 bits per heavy atom. The maximum Gasteiger partial charge on any atom is 0.335 e. The molecule has 2 aromatic rings. The summed E-state index contributed by atoms with van der Waals surface area (Å²) in [5.74, 6) is 0.863. The number of hydrogen-bond acceptors (Lipinski definition) is 5. The number of pyridine rings is 1. The molecule has 3 rings (SSSR count). The smallest absolute Gasteiger partial charge is 0.335 e. The molecule has 0 saturated heterocycles. The molecule has 1 aromatic heterocycles. The lowest BCUT2D eigenvalue weighted by Crippen LogP contribution is -2.15. The summed E-state index contributed by atoms with van der Waals surface area (Å²) in [6.07, 6.45) is 0. The van der Waals surface area contributed by atoms with Crippen molar-refractivity contribution in [1.82, 2.24) is 4.98 Å². The van der Waals surface area contributed by atoms with Gasteiger partial charge in [-0.2, -0.15) is 0 Å². The second kappa shape index (κ2) is 5.32. The van der Waals surface area contributed by atoms with E-state index in [2.05, 4.69) is 10.3 Å². The summed E-state index contributed by atoms with van der Waals surface area (Å²) in [6.45, 7) is 2.81. The quantitative estimate of drug-likeness (QED) is 0.902. The van der Waals surface area contributed by atoms with Crippen molar-refractivity contribution in [2.45, 2.75) is 6.92 Å². The molecule has 0 radical (unpaired) electrons. The van der Waals surface area contributed by atoms with Gasteiger partial charge in [-0.1, -0.05) is 0 Å². The number of aromatic carboxylic acids is 1. The van der Waals surface area contributed by atoms with E-state index in [1.165, 1.54) is 12.1 Å². The van der Waals surface area contributed by atoms with Gasteiger partial charge >= 0.3 is 5.97 Å². The number of hydrogen-bond donors (Lipinski definition) is 2. The van der Waals surface area contributed by atoms with Gasteiger partial charge in [-0.3, -0.25) is 0 Å². The van der Waals surface area contributed by atoms with Crippen LogP contribution in [0, 0.1) is 6.92 Å². The third-order valence-electron chi connectivity index (χ3n) is 3.01. The van der Waals surface area contributed by atoms with Gasteiger partial charge in [-0.05, 0) is 31.2 Å².